The molecule has 2 aromatic rings. The molecule has 0 aliphatic heterocycles. The lowest BCUT2D eigenvalue weighted by Crippen LogP contribution is -2.06. The van der Waals surface area contributed by atoms with E-state index in [0.29, 0.717) is 0 Å². The molecular weight excluding hydrogens is 245 g/mol. The van der Waals surface area contributed by atoms with Crippen molar-refractivity contribution in [3.63, 3.8) is 0 Å². The van der Waals surface area contributed by atoms with Gasteiger partial charge in [-0.2, -0.15) is 0 Å². The molecule has 4 heteroatoms. The number of hydrogen-bond donors (Lipinski definition) is 2. The van der Waals surface area contributed by atoms with E-state index < -0.39 is 5.82 Å². The van der Waals surface area contributed by atoms with Gasteiger partial charge in [-0.15, -0.1) is 0 Å². The zero-order valence-corrected chi connectivity index (χ0v) is 10.6. The number of phenols is 1. The molecule has 0 fully saturated rings. The lowest BCUT2D eigenvalue weighted by atomic mass is 10.1. The van der Waals surface area contributed by atoms with Crippen molar-refractivity contribution in [3.8, 4) is 11.5 Å². The van der Waals surface area contributed by atoms with Crippen LogP contribution in [-0.2, 0) is 6.61 Å². The number of phenolic OH excluding ortho intramolecular Hbond substituents is 1. The van der Waals surface area contributed by atoms with Crippen molar-refractivity contribution >= 4 is 0 Å². The highest BCUT2D eigenvalue weighted by molar-refractivity contribution is 5.31. The van der Waals surface area contributed by atoms with Crippen molar-refractivity contribution in [2.75, 3.05) is 0 Å². The first-order valence-corrected chi connectivity index (χ1v) is 6.02. The van der Waals surface area contributed by atoms with Gasteiger partial charge in [0.1, 0.15) is 12.4 Å². The van der Waals surface area contributed by atoms with E-state index in [1.54, 1.807) is 43.3 Å². The fourth-order valence-corrected chi connectivity index (χ4v) is 1.67. The molecular formula is C15H16FNO2. The molecule has 0 bridgehead atoms. The molecule has 0 heterocycles. The molecule has 2 rings (SSSR count). The number of hydrogen-bond acceptors (Lipinski definition) is 3. The van der Waals surface area contributed by atoms with Crippen LogP contribution in [0, 0.1) is 5.82 Å². The fourth-order valence-electron chi connectivity index (χ4n) is 1.67. The van der Waals surface area contributed by atoms with Crippen molar-refractivity contribution in [1.29, 1.82) is 0 Å². The minimum atomic E-state index is -0.423. The van der Waals surface area contributed by atoms with Crippen LogP contribution in [0.15, 0.2) is 42.5 Å². The lowest BCUT2D eigenvalue weighted by Gasteiger charge is -2.10. The Morgan fingerprint density at radius 3 is 2.47 bits per heavy atom. The summed E-state index contributed by atoms with van der Waals surface area (Å²) in [5.74, 6) is -0.0396. The van der Waals surface area contributed by atoms with Crippen LogP contribution in [0.5, 0.6) is 11.5 Å². The lowest BCUT2D eigenvalue weighted by molar-refractivity contribution is 0.290. The zero-order valence-electron chi connectivity index (χ0n) is 10.6. The molecule has 1 unspecified atom stereocenters. The van der Waals surface area contributed by atoms with Gasteiger partial charge in [-0.05, 0) is 42.3 Å². The largest absolute Gasteiger partial charge is 0.508 e. The van der Waals surface area contributed by atoms with Crippen molar-refractivity contribution in [2.45, 2.75) is 19.6 Å². The third-order valence-corrected chi connectivity index (χ3v) is 2.81. The molecule has 0 aliphatic carbocycles. The van der Waals surface area contributed by atoms with Gasteiger partial charge in [0.25, 0.3) is 0 Å². The third kappa shape index (κ3) is 3.45. The average molecular weight is 261 g/mol. The summed E-state index contributed by atoms with van der Waals surface area (Å²) in [6.07, 6.45) is 0. The molecule has 100 valence electrons. The Morgan fingerprint density at radius 1 is 1.21 bits per heavy atom. The first kappa shape index (κ1) is 13.4. The Morgan fingerprint density at radius 2 is 1.89 bits per heavy atom. The first-order valence-electron chi connectivity index (χ1n) is 6.02. The molecule has 0 amide bonds. The van der Waals surface area contributed by atoms with E-state index in [-0.39, 0.29) is 24.1 Å². The SMILES string of the molecule is CC(N)c1ccc(OCc2ccc(O)cc2)c(F)c1. The Bertz CT molecular complexity index is 553. The van der Waals surface area contributed by atoms with Crippen molar-refractivity contribution in [1.82, 2.24) is 0 Å². The van der Waals surface area contributed by atoms with Crippen molar-refractivity contribution < 1.29 is 14.2 Å². The van der Waals surface area contributed by atoms with Gasteiger partial charge in [-0.1, -0.05) is 18.2 Å². The van der Waals surface area contributed by atoms with Crippen LogP contribution in [-0.4, -0.2) is 5.11 Å². The smallest absolute Gasteiger partial charge is 0.165 e. The summed E-state index contributed by atoms with van der Waals surface area (Å²) in [7, 11) is 0. The van der Waals surface area contributed by atoms with Crippen LogP contribution in [0.3, 0.4) is 0 Å². The summed E-state index contributed by atoms with van der Waals surface area (Å²) in [5.41, 5.74) is 7.27. The summed E-state index contributed by atoms with van der Waals surface area (Å²) < 4.78 is 19.2. The number of rotatable bonds is 4. The summed E-state index contributed by atoms with van der Waals surface area (Å²) in [5, 5.41) is 9.16. The first-order chi connectivity index (χ1) is 9.06. The average Bonchev–Trinajstić information content (AvgIpc) is 2.39. The van der Waals surface area contributed by atoms with Gasteiger partial charge < -0.3 is 15.6 Å². The predicted molar refractivity (Wildman–Crippen MR) is 71.4 cm³/mol. The van der Waals surface area contributed by atoms with Gasteiger partial charge in [0, 0.05) is 6.04 Å². The highest BCUT2D eigenvalue weighted by atomic mass is 19.1. The van der Waals surface area contributed by atoms with Crippen molar-refractivity contribution in [2.24, 2.45) is 5.73 Å². The van der Waals surface area contributed by atoms with Crippen LogP contribution in [0.25, 0.3) is 0 Å². The molecule has 2 aromatic carbocycles. The van der Waals surface area contributed by atoms with Gasteiger partial charge in [0.15, 0.2) is 11.6 Å². The van der Waals surface area contributed by atoms with E-state index in [1.165, 1.54) is 6.07 Å². The number of aromatic hydroxyl groups is 1. The van der Waals surface area contributed by atoms with E-state index in [1.807, 2.05) is 0 Å². The maximum Gasteiger partial charge on any atom is 0.165 e. The minimum absolute atomic E-state index is 0.191. The van der Waals surface area contributed by atoms with Crippen LogP contribution in [0.1, 0.15) is 24.1 Å². The molecule has 1 atom stereocenters. The molecule has 0 spiro atoms. The summed E-state index contributed by atoms with van der Waals surface area (Å²) in [4.78, 5) is 0. The second kappa shape index (κ2) is 5.71. The van der Waals surface area contributed by atoms with Gasteiger partial charge in [-0.25, -0.2) is 4.39 Å². The van der Waals surface area contributed by atoms with Crippen LogP contribution in [0.2, 0.25) is 0 Å². The van der Waals surface area contributed by atoms with E-state index >= 15 is 0 Å². The van der Waals surface area contributed by atoms with Crippen LogP contribution < -0.4 is 10.5 Å². The van der Waals surface area contributed by atoms with E-state index in [9.17, 15) is 4.39 Å². The maximum absolute atomic E-state index is 13.8. The summed E-state index contributed by atoms with van der Waals surface area (Å²) in [6.45, 7) is 2.04. The fraction of sp³-hybridized carbons (Fsp3) is 0.200. The Labute approximate surface area is 111 Å². The van der Waals surface area contributed by atoms with Crippen molar-refractivity contribution in [3.05, 3.63) is 59.4 Å². The second-order valence-electron chi connectivity index (χ2n) is 4.43. The van der Waals surface area contributed by atoms with Gasteiger partial charge in [0.05, 0.1) is 0 Å². The molecule has 0 aromatic heterocycles. The second-order valence-corrected chi connectivity index (χ2v) is 4.43. The quantitative estimate of drug-likeness (QED) is 0.889. The molecule has 0 radical (unpaired) electrons. The van der Waals surface area contributed by atoms with E-state index in [0.717, 1.165) is 11.1 Å². The van der Waals surface area contributed by atoms with Crippen LogP contribution >= 0.6 is 0 Å². The minimum Gasteiger partial charge on any atom is -0.508 e. The number of nitrogens with two attached hydrogens (primary N) is 1. The van der Waals surface area contributed by atoms with Gasteiger partial charge >= 0.3 is 0 Å². The molecule has 0 aliphatic rings. The summed E-state index contributed by atoms with van der Waals surface area (Å²) in [6, 6.07) is 11.1. The molecule has 19 heavy (non-hydrogen) atoms. The molecule has 3 nitrogen and oxygen atoms in total. The van der Waals surface area contributed by atoms with E-state index in [4.69, 9.17) is 15.6 Å². The molecule has 0 saturated heterocycles. The Balaban J connectivity index is 2.05. The number of halogens is 1. The predicted octanol–water partition coefficient (Wildman–Crippen LogP) is 3.13. The highest BCUT2D eigenvalue weighted by Gasteiger charge is 2.07. The number of benzene rings is 2. The van der Waals surface area contributed by atoms with E-state index in [2.05, 4.69) is 0 Å². The zero-order chi connectivity index (χ0) is 13.8. The van der Waals surface area contributed by atoms with Gasteiger partial charge in [-0.3, -0.25) is 0 Å². The molecule has 3 N–H and O–H groups in total. The molecule has 0 saturated carbocycles. The van der Waals surface area contributed by atoms with Crippen LogP contribution in [0.4, 0.5) is 4.39 Å². The standard InChI is InChI=1S/C15H16FNO2/c1-10(17)12-4-7-15(14(16)8-12)19-9-11-2-5-13(18)6-3-11/h2-8,10,18H,9,17H2,1H3. The normalized spacial score (nSPS) is 12.2. The Hall–Kier alpha value is -2.07. The Kier molecular flexibility index (Phi) is 4.02. The van der Waals surface area contributed by atoms with Gasteiger partial charge in [0.2, 0.25) is 0 Å². The number of ether oxygens (including phenoxy) is 1. The maximum atomic E-state index is 13.8. The topological polar surface area (TPSA) is 55.5 Å². The monoisotopic (exact) mass is 261 g/mol. The third-order valence-electron chi connectivity index (χ3n) is 2.81. The summed E-state index contributed by atoms with van der Waals surface area (Å²) >= 11 is 0. The highest BCUT2D eigenvalue weighted by Crippen LogP contribution is 2.22.